The molecule has 0 aliphatic carbocycles. The van der Waals surface area contributed by atoms with Crippen molar-refractivity contribution in [3.8, 4) is 11.5 Å². The van der Waals surface area contributed by atoms with Crippen LogP contribution in [0.2, 0.25) is 0 Å². The van der Waals surface area contributed by atoms with E-state index < -0.39 is 0 Å². The SMILES string of the molecule is O=C(CSCC(=O)Nc1nc(-c2ccco2)cs1)Nc1cccc(Br)c1. The fourth-order valence-corrected chi connectivity index (χ4v) is 3.76. The first-order valence-electron chi connectivity index (χ1n) is 7.52. The van der Waals surface area contributed by atoms with Gasteiger partial charge in [-0.25, -0.2) is 4.98 Å². The van der Waals surface area contributed by atoms with E-state index in [-0.39, 0.29) is 23.3 Å². The summed E-state index contributed by atoms with van der Waals surface area (Å²) in [5.74, 6) is 0.651. The molecule has 0 aliphatic rings. The van der Waals surface area contributed by atoms with Gasteiger partial charge in [0.15, 0.2) is 10.9 Å². The van der Waals surface area contributed by atoms with E-state index >= 15 is 0 Å². The highest BCUT2D eigenvalue weighted by Gasteiger charge is 2.11. The Morgan fingerprint density at radius 1 is 1.15 bits per heavy atom. The fraction of sp³-hybridized carbons (Fsp3) is 0.118. The van der Waals surface area contributed by atoms with Crippen LogP contribution in [0.15, 0.2) is 56.9 Å². The third-order valence-corrected chi connectivity index (χ3v) is 5.28. The molecule has 2 heterocycles. The van der Waals surface area contributed by atoms with Crippen LogP contribution in [0.4, 0.5) is 10.8 Å². The van der Waals surface area contributed by atoms with E-state index in [1.807, 2.05) is 23.6 Å². The first kappa shape index (κ1) is 18.7. The molecule has 0 unspecified atom stereocenters. The molecular weight excluding hydrogens is 438 g/mol. The third-order valence-electron chi connectivity index (χ3n) is 3.10. The van der Waals surface area contributed by atoms with Gasteiger partial charge in [-0.1, -0.05) is 22.0 Å². The van der Waals surface area contributed by atoms with Crippen LogP contribution < -0.4 is 10.6 Å². The van der Waals surface area contributed by atoms with Crippen LogP contribution in [0, 0.1) is 0 Å². The Kier molecular flexibility index (Phi) is 6.48. The molecule has 9 heteroatoms. The molecule has 0 fully saturated rings. The molecule has 2 N–H and O–H groups in total. The molecule has 0 radical (unpaired) electrons. The van der Waals surface area contributed by atoms with Crippen molar-refractivity contribution < 1.29 is 14.0 Å². The first-order chi connectivity index (χ1) is 12.6. The van der Waals surface area contributed by atoms with Gasteiger partial charge in [-0.05, 0) is 30.3 Å². The quantitative estimate of drug-likeness (QED) is 0.553. The van der Waals surface area contributed by atoms with Crippen molar-refractivity contribution in [2.24, 2.45) is 0 Å². The molecular formula is C17H14BrN3O3S2. The Bertz CT molecular complexity index is 896. The zero-order valence-electron chi connectivity index (χ0n) is 13.4. The zero-order valence-corrected chi connectivity index (χ0v) is 16.6. The van der Waals surface area contributed by atoms with Crippen molar-refractivity contribution in [2.75, 3.05) is 22.1 Å². The molecule has 3 rings (SSSR count). The summed E-state index contributed by atoms with van der Waals surface area (Å²) >= 11 is 5.91. The highest BCUT2D eigenvalue weighted by molar-refractivity contribution is 9.10. The number of carbonyl (C=O) groups excluding carboxylic acids is 2. The van der Waals surface area contributed by atoms with Gasteiger partial charge >= 0.3 is 0 Å². The first-order valence-corrected chi connectivity index (χ1v) is 10.4. The van der Waals surface area contributed by atoms with Gasteiger partial charge in [0.1, 0.15) is 5.69 Å². The number of nitrogens with zero attached hydrogens (tertiary/aromatic N) is 1. The summed E-state index contributed by atoms with van der Waals surface area (Å²) in [6, 6.07) is 10.9. The molecule has 26 heavy (non-hydrogen) atoms. The van der Waals surface area contributed by atoms with E-state index in [9.17, 15) is 9.59 Å². The lowest BCUT2D eigenvalue weighted by atomic mass is 10.3. The molecule has 0 atom stereocenters. The largest absolute Gasteiger partial charge is 0.463 e. The van der Waals surface area contributed by atoms with E-state index in [2.05, 4.69) is 31.5 Å². The number of benzene rings is 1. The number of anilines is 2. The molecule has 134 valence electrons. The number of rotatable bonds is 7. The Labute approximate surface area is 166 Å². The zero-order chi connectivity index (χ0) is 18.4. The number of furan rings is 1. The minimum absolute atomic E-state index is 0.157. The summed E-state index contributed by atoms with van der Waals surface area (Å²) in [4.78, 5) is 28.2. The number of thiazole rings is 1. The molecule has 0 saturated carbocycles. The van der Waals surface area contributed by atoms with Crippen LogP contribution in [-0.4, -0.2) is 28.3 Å². The molecule has 1 aromatic carbocycles. The molecule has 2 aromatic heterocycles. The van der Waals surface area contributed by atoms with Crippen molar-refractivity contribution in [3.05, 3.63) is 52.5 Å². The van der Waals surface area contributed by atoms with Gasteiger partial charge < -0.3 is 15.1 Å². The van der Waals surface area contributed by atoms with Gasteiger partial charge in [0.2, 0.25) is 11.8 Å². The smallest absolute Gasteiger partial charge is 0.236 e. The molecule has 6 nitrogen and oxygen atoms in total. The van der Waals surface area contributed by atoms with Gasteiger partial charge in [0, 0.05) is 15.5 Å². The number of aromatic nitrogens is 1. The molecule has 3 aromatic rings. The number of hydrogen-bond donors (Lipinski definition) is 2. The summed E-state index contributed by atoms with van der Waals surface area (Å²) in [7, 11) is 0. The molecule has 0 bridgehead atoms. The van der Waals surface area contributed by atoms with E-state index in [1.54, 1.807) is 24.5 Å². The van der Waals surface area contributed by atoms with Crippen LogP contribution >= 0.6 is 39.0 Å². The molecule has 0 saturated heterocycles. The maximum absolute atomic E-state index is 12.0. The molecule has 0 spiro atoms. The average Bonchev–Trinajstić information content (AvgIpc) is 3.26. The lowest BCUT2D eigenvalue weighted by molar-refractivity contribution is -0.114. The van der Waals surface area contributed by atoms with Crippen molar-refractivity contribution in [2.45, 2.75) is 0 Å². The van der Waals surface area contributed by atoms with Crippen molar-refractivity contribution in [1.29, 1.82) is 0 Å². The maximum Gasteiger partial charge on any atom is 0.236 e. The number of hydrogen-bond acceptors (Lipinski definition) is 6. The van der Waals surface area contributed by atoms with Gasteiger partial charge in [0.05, 0.1) is 17.8 Å². The van der Waals surface area contributed by atoms with Crippen LogP contribution in [0.5, 0.6) is 0 Å². The summed E-state index contributed by atoms with van der Waals surface area (Å²) in [6.45, 7) is 0. The Hall–Kier alpha value is -2.10. The summed E-state index contributed by atoms with van der Waals surface area (Å²) in [6.07, 6.45) is 1.57. The number of nitrogens with one attached hydrogen (secondary N) is 2. The predicted molar refractivity (Wildman–Crippen MR) is 109 cm³/mol. The summed E-state index contributed by atoms with van der Waals surface area (Å²) in [5, 5.41) is 7.82. The second-order valence-corrected chi connectivity index (χ2v) is 7.87. The van der Waals surface area contributed by atoms with Crippen LogP contribution in [0.1, 0.15) is 0 Å². The lowest BCUT2D eigenvalue weighted by Crippen LogP contribution is -2.18. The number of amides is 2. The van der Waals surface area contributed by atoms with Crippen molar-refractivity contribution >= 4 is 61.7 Å². The van der Waals surface area contributed by atoms with E-state index in [0.717, 1.165) is 4.47 Å². The van der Waals surface area contributed by atoms with Crippen molar-refractivity contribution in [3.63, 3.8) is 0 Å². The van der Waals surface area contributed by atoms with Crippen LogP contribution in [0.3, 0.4) is 0 Å². The number of thioether (sulfide) groups is 1. The number of halogens is 1. The Morgan fingerprint density at radius 2 is 1.96 bits per heavy atom. The minimum atomic E-state index is -0.203. The van der Waals surface area contributed by atoms with Gasteiger partial charge in [-0.3, -0.25) is 9.59 Å². The van der Waals surface area contributed by atoms with Crippen molar-refractivity contribution in [1.82, 2.24) is 4.98 Å². The summed E-state index contributed by atoms with van der Waals surface area (Å²) in [5.41, 5.74) is 1.39. The van der Waals surface area contributed by atoms with E-state index in [0.29, 0.717) is 22.3 Å². The second kappa shape index (κ2) is 9.02. The van der Waals surface area contributed by atoms with E-state index in [1.165, 1.54) is 23.1 Å². The topological polar surface area (TPSA) is 84.2 Å². The van der Waals surface area contributed by atoms with Gasteiger partial charge in [-0.2, -0.15) is 0 Å². The summed E-state index contributed by atoms with van der Waals surface area (Å²) < 4.78 is 6.15. The minimum Gasteiger partial charge on any atom is -0.463 e. The standard InChI is InChI=1S/C17H14BrN3O3S2/c18-11-3-1-4-12(7-11)19-15(22)9-25-10-16(23)21-17-20-13(8-26-17)14-5-2-6-24-14/h1-8H,9-10H2,(H,19,22)(H,20,21,23). The predicted octanol–water partition coefficient (Wildman–Crippen LogP) is 4.48. The third kappa shape index (κ3) is 5.45. The average molecular weight is 452 g/mol. The normalized spacial score (nSPS) is 10.5. The maximum atomic E-state index is 12.0. The second-order valence-electron chi connectivity index (χ2n) is 5.11. The molecule has 0 aliphatic heterocycles. The monoisotopic (exact) mass is 451 g/mol. The number of carbonyl (C=O) groups is 2. The lowest BCUT2D eigenvalue weighted by Gasteiger charge is -2.05. The van der Waals surface area contributed by atoms with Gasteiger partial charge in [-0.15, -0.1) is 23.1 Å². The molecule has 2 amide bonds. The highest BCUT2D eigenvalue weighted by Crippen LogP contribution is 2.25. The Morgan fingerprint density at radius 3 is 2.69 bits per heavy atom. The van der Waals surface area contributed by atoms with E-state index in [4.69, 9.17) is 4.42 Å². The Balaban J connectivity index is 1.41. The highest BCUT2D eigenvalue weighted by atomic mass is 79.9. The van der Waals surface area contributed by atoms with Crippen LogP contribution in [0.25, 0.3) is 11.5 Å². The van der Waals surface area contributed by atoms with Gasteiger partial charge in [0.25, 0.3) is 0 Å². The van der Waals surface area contributed by atoms with Crippen LogP contribution in [-0.2, 0) is 9.59 Å². The fourth-order valence-electron chi connectivity index (χ4n) is 2.02.